The molecule has 28 heavy (non-hydrogen) atoms. The Morgan fingerprint density at radius 3 is 2.36 bits per heavy atom. The largest absolute Gasteiger partial charge is 0.486 e. The Bertz CT molecular complexity index is 808. The molecular formula is C21H24N2O5. The van der Waals surface area contributed by atoms with E-state index in [1.807, 2.05) is 37.3 Å². The lowest BCUT2D eigenvalue weighted by Crippen LogP contribution is -2.43. The van der Waals surface area contributed by atoms with Gasteiger partial charge in [-0.1, -0.05) is 18.2 Å². The topological polar surface area (TPSA) is 76.2 Å². The highest BCUT2D eigenvalue weighted by Crippen LogP contribution is 2.35. The van der Waals surface area contributed by atoms with E-state index in [2.05, 4.69) is 0 Å². The summed E-state index contributed by atoms with van der Waals surface area (Å²) in [5.74, 6) is 0.0933. The molecular weight excluding hydrogens is 360 g/mol. The monoisotopic (exact) mass is 384 g/mol. The second-order valence-corrected chi connectivity index (χ2v) is 7.30. The first-order valence-corrected chi connectivity index (χ1v) is 9.75. The minimum absolute atomic E-state index is 0.191. The number of imide groups is 1. The maximum Gasteiger partial charge on any atom is 0.243 e. The quantitative estimate of drug-likeness (QED) is 0.571. The molecule has 0 spiro atoms. The molecule has 2 aliphatic heterocycles. The molecule has 3 aliphatic rings. The Balaban J connectivity index is 1.43. The molecule has 1 fully saturated rings. The van der Waals surface area contributed by atoms with E-state index in [0.29, 0.717) is 50.6 Å². The molecule has 1 aromatic carbocycles. The van der Waals surface area contributed by atoms with Crippen molar-refractivity contribution in [1.29, 1.82) is 0 Å². The number of carbonyl (C=O) groups excluding carboxylic acids is 3. The van der Waals surface area contributed by atoms with Crippen LogP contribution in [-0.4, -0.2) is 53.8 Å². The zero-order chi connectivity index (χ0) is 19.7. The highest BCUT2D eigenvalue weighted by atomic mass is 16.6. The van der Waals surface area contributed by atoms with Crippen molar-refractivity contribution in [2.75, 3.05) is 26.3 Å². The van der Waals surface area contributed by atoms with Gasteiger partial charge in [-0.25, -0.2) is 0 Å². The van der Waals surface area contributed by atoms with E-state index in [0.717, 1.165) is 10.5 Å². The fraction of sp³-hybridized carbons (Fsp3) is 0.476. The van der Waals surface area contributed by atoms with Gasteiger partial charge in [-0.2, -0.15) is 0 Å². The molecule has 7 heteroatoms. The summed E-state index contributed by atoms with van der Waals surface area (Å²) in [6, 6.07) is 5.61. The number of likely N-dealkylation sites (tertiary alicyclic amines) is 1. The number of likely N-dealkylation sites (N-methyl/N-ethyl adjacent to an activating group) is 1. The van der Waals surface area contributed by atoms with Crippen LogP contribution in [0.3, 0.4) is 0 Å². The first-order chi connectivity index (χ1) is 13.6. The number of hydrogen-bond acceptors (Lipinski definition) is 5. The van der Waals surface area contributed by atoms with E-state index < -0.39 is 0 Å². The molecule has 0 N–H and O–H groups in total. The van der Waals surface area contributed by atoms with Gasteiger partial charge in [0.15, 0.2) is 11.5 Å². The van der Waals surface area contributed by atoms with Crippen LogP contribution in [0.2, 0.25) is 0 Å². The molecule has 0 saturated carbocycles. The van der Waals surface area contributed by atoms with Crippen LogP contribution in [0.4, 0.5) is 0 Å². The van der Waals surface area contributed by atoms with Gasteiger partial charge in [0.2, 0.25) is 17.7 Å². The van der Waals surface area contributed by atoms with Crippen molar-refractivity contribution in [1.82, 2.24) is 9.80 Å². The van der Waals surface area contributed by atoms with Crippen LogP contribution in [0, 0.1) is 11.8 Å². The van der Waals surface area contributed by atoms with Crippen LogP contribution in [-0.2, 0) is 20.9 Å². The van der Waals surface area contributed by atoms with Gasteiger partial charge in [0.1, 0.15) is 19.8 Å². The van der Waals surface area contributed by atoms with Gasteiger partial charge in [0.25, 0.3) is 0 Å². The average molecular weight is 384 g/mol. The molecule has 2 atom stereocenters. The second-order valence-electron chi connectivity index (χ2n) is 7.30. The number of carbonyl (C=O) groups is 3. The minimum Gasteiger partial charge on any atom is -0.486 e. The fourth-order valence-corrected chi connectivity index (χ4v) is 4.04. The Morgan fingerprint density at radius 1 is 1.07 bits per heavy atom. The third-order valence-electron chi connectivity index (χ3n) is 5.61. The summed E-state index contributed by atoms with van der Waals surface area (Å²) < 4.78 is 11.1. The average Bonchev–Trinajstić information content (AvgIpc) is 2.97. The molecule has 4 rings (SSSR count). The highest BCUT2D eigenvalue weighted by molar-refractivity contribution is 6.07. The van der Waals surface area contributed by atoms with E-state index in [-0.39, 0.29) is 36.1 Å². The minimum atomic E-state index is -0.307. The number of allylic oxidation sites excluding steroid dienone is 2. The lowest BCUT2D eigenvalue weighted by Gasteiger charge is -2.25. The summed E-state index contributed by atoms with van der Waals surface area (Å²) in [7, 11) is 0. The maximum absolute atomic E-state index is 12.8. The third kappa shape index (κ3) is 3.37. The van der Waals surface area contributed by atoms with Crippen LogP contribution >= 0.6 is 0 Å². The molecule has 7 nitrogen and oxygen atoms in total. The Labute approximate surface area is 163 Å². The molecule has 0 radical (unpaired) electrons. The Hall–Kier alpha value is -2.83. The summed E-state index contributed by atoms with van der Waals surface area (Å²) in [6.07, 6.45) is 5.04. The van der Waals surface area contributed by atoms with Gasteiger partial charge in [-0.05, 0) is 37.5 Å². The zero-order valence-electron chi connectivity index (χ0n) is 15.9. The number of rotatable bonds is 5. The van der Waals surface area contributed by atoms with Crippen molar-refractivity contribution in [2.24, 2.45) is 11.8 Å². The van der Waals surface area contributed by atoms with Gasteiger partial charge in [-0.15, -0.1) is 0 Å². The molecule has 0 bridgehead atoms. The van der Waals surface area contributed by atoms with Crippen molar-refractivity contribution in [3.63, 3.8) is 0 Å². The number of amides is 3. The van der Waals surface area contributed by atoms with E-state index in [1.165, 1.54) is 0 Å². The number of hydrogen-bond donors (Lipinski definition) is 0. The van der Waals surface area contributed by atoms with Crippen LogP contribution in [0.25, 0.3) is 0 Å². The molecule has 3 amide bonds. The smallest absolute Gasteiger partial charge is 0.243 e. The predicted octanol–water partition coefficient (Wildman–Crippen LogP) is 1.76. The van der Waals surface area contributed by atoms with E-state index in [9.17, 15) is 14.4 Å². The second kappa shape index (κ2) is 7.66. The summed E-state index contributed by atoms with van der Waals surface area (Å²) in [4.78, 5) is 40.8. The van der Waals surface area contributed by atoms with E-state index >= 15 is 0 Å². The van der Waals surface area contributed by atoms with E-state index in [4.69, 9.17) is 9.47 Å². The standard InChI is InChI=1S/C21H24N2O5/c1-2-22(12-14-7-8-17-18(11-14)28-10-9-27-17)19(24)13-23-20(25)15-5-3-4-6-16(15)21(23)26/h3-4,7-8,11,15-16H,2,5-6,9-10,12-13H2,1H3. The third-order valence-corrected chi connectivity index (χ3v) is 5.61. The Morgan fingerprint density at radius 2 is 1.71 bits per heavy atom. The van der Waals surface area contributed by atoms with Crippen molar-refractivity contribution in [3.05, 3.63) is 35.9 Å². The first-order valence-electron chi connectivity index (χ1n) is 9.75. The maximum atomic E-state index is 12.8. The van der Waals surface area contributed by atoms with Crippen molar-refractivity contribution in [2.45, 2.75) is 26.3 Å². The Kier molecular flexibility index (Phi) is 5.07. The predicted molar refractivity (Wildman–Crippen MR) is 101 cm³/mol. The molecule has 1 saturated heterocycles. The SMILES string of the molecule is CCN(Cc1ccc2c(c1)OCCO2)C(=O)CN1C(=O)C2CC=CCC2C1=O. The van der Waals surface area contributed by atoms with Gasteiger partial charge in [-0.3, -0.25) is 19.3 Å². The summed E-state index contributed by atoms with van der Waals surface area (Å²) >= 11 is 0. The number of ether oxygens (including phenoxy) is 2. The molecule has 0 aromatic heterocycles. The number of fused-ring (bicyclic) bond motifs is 2. The van der Waals surface area contributed by atoms with Gasteiger partial charge in [0.05, 0.1) is 11.8 Å². The summed E-state index contributed by atoms with van der Waals surface area (Å²) in [6.45, 7) is 3.59. The van der Waals surface area contributed by atoms with Crippen molar-refractivity contribution in [3.8, 4) is 11.5 Å². The normalized spacial score (nSPS) is 23.0. The van der Waals surface area contributed by atoms with Crippen LogP contribution in [0.5, 0.6) is 11.5 Å². The van der Waals surface area contributed by atoms with Crippen molar-refractivity contribution < 1.29 is 23.9 Å². The van der Waals surface area contributed by atoms with Crippen molar-refractivity contribution >= 4 is 17.7 Å². The van der Waals surface area contributed by atoms with Gasteiger partial charge in [0, 0.05) is 13.1 Å². The van der Waals surface area contributed by atoms with Gasteiger partial charge >= 0.3 is 0 Å². The van der Waals surface area contributed by atoms with Crippen LogP contribution in [0.1, 0.15) is 25.3 Å². The van der Waals surface area contributed by atoms with Gasteiger partial charge < -0.3 is 14.4 Å². The lowest BCUT2D eigenvalue weighted by molar-refractivity contribution is -0.146. The lowest BCUT2D eigenvalue weighted by atomic mass is 9.85. The zero-order valence-corrected chi connectivity index (χ0v) is 15.9. The van der Waals surface area contributed by atoms with Crippen LogP contribution < -0.4 is 9.47 Å². The van der Waals surface area contributed by atoms with Crippen LogP contribution in [0.15, 0.2) is 30.4 Å². The highest BCUT2D eigenvalue weighted by Gasteiger charge is 2.47. The first kappa shape index (κ1) is 18.5. The fourth-order valence-electron chi connectivity index (χ4n) is 4.04. The van der Waals surface area contributed by atoms with E-state index in [1.54, 1.807) is 4.90 Å². The number of nitrogens with zero attached hydrogens (tertiary/aromatic N) is 2. The number of benzene rings is 1. The molecule has 1 aromatic rings. The summed E-state index contributed by atoms with van der Waals surface area (Å²) in [5, 5.41) is 0. The molecule has 2 heterocycles. The molecule has 148 valence electrons. The molecule has 2 unspecified atom stereocenters. The summed E-state index contributed by atoms with van der Waals surface area (Å²) in [5.41, 5.74) is 0.913. The molecule has 1 aliphatic carbocycles.